The highest BCUT2D eigenvalue weighted by atomic mass is 16.3. The fraction of sp³-hybridized carbons (Fsp3) is 0.526. The Balaban J connectivity index is 1.56. The first-order valence-corrected chi connectivity index (χ1v) is 9.17. The van der Waals surface area contributed by atoms with Crippen LogP contribution in [0.3, 0.4) is 0 Å². The summed E-state index contributed by atoms with van der Waals surface area (Å²) >= 11 is 0. The van der Waals surface area contributed by atoms with Crippen LogP contribution in [0.15, 0.2) is 37.1 Å². The van der Waals surface area contributed by atoms with Gasteiger partial charge in [0.1, 0.15) is 12.1 Å². The van der Waals surface area contributed by atoms with Crippen molar-refractivity contribution in [2.75, 3.05) is 6.54 Å². The van der Waals surface area contributed by atoms with Crippen LogP contribution >= 0.6 is 0 Å². The van der Waals surface area contributed by atoms with Crippen LogP contribution in [0.2, 0.25) is 0 Å². The molecule has 1 N–H and O–H groups in total. The topological polar surface area (TPSA) is 71.2 Å². The maximum absolute atomic E-state index is 13.1. The van der Waals surface area contributed by atoms with Gasteiger partial charge in [0, 0.05) is 42.7 Å². The number of pyridine rings is 1. The Morgan fingerprint density at radius 2 is 2.04 bits per heavy atom. The molecule has 0 radical (unpaired) electrons. The van der Waals surface area contributed by atoms with E-state index < -0.39 is 0 Å². The summed E-state index contributed by atoms with van der Waals surface area (Å²) in [6, 6.07) is 3.75. The van der Waals surface area contributed by atoms with Gasteiger partial charge in [0.15, 0.2) is 0 Å². The minimum absolute atomic E-state index is 0.0454. The van der Waals surface area contributed by atoms with Crippen molar-refractivity contribution in [1.82, 2.24) is 19.4 Å². The molecular weight excluding hydrogens is 316 g/mol. The van der Waals surface area contributed by atoms with Crippen molar-refractivity contribution in [3.63, 3.8) is 0 Å². The summed E-state index contributed by atoms with van der Waals surface area (Å²) < 4.78 is 1.79. The first-order valence-electron chi connectivity index (χ1n) is 9.17. The van der Waals surface area contributed by atoms with Crippen LogP contribution in [-0.4, -0.2) is 49.1 Å². The fourth-order valence-electron chi connectivity index (χ4n) is 4.33. The number of aromatic nitrogens is 3. The molecule has 132 valence electrons. The maximum atomic E-state index is 13.1. The first-order chi connectivity index (χ1) is 12.2. The molecule has 2 aromatic rings. The molecule has 0 aromatic carbocycles. The fourth-order valence-corrected chi connectivity index (χ4v) is 4.33. The summed E-state index contributed by atoms with van der Waals surface area (Å²) in [7, 11) is 0. The molecule has 1 saturated carbocycles. The van der Waals surface area contributed by atoms with Gasteiger partial charge in [-0.25, -0.2) is 9.97 Å². The number of carbonyl (C=O) groups is 1. The van der Waals surface area contributed by atoms with Gasteiger partial charge in [-0.15, -0.1) is 0 Å². The highest BCUT2D eigenvalue weighted by molar-refractivity contribution is 5.95. The summed E-state index contributed by atoms with van der Waals surface area (Å²) in [4.78, 5) is 23.5. The average molecular weight is 340 g/mol. The largest absolute Gasteiger partial charge is 0.393 e. The van der Waals surface area contributed by atoms with Crippen molar-refractivity contribution in [3.05, 3.63) is 42.6 Å². The Hall–Kier alpha value is -2.21. The van der Waals surface area contributed by atoms with Gasteiger partial charge >= 0.3 is 0 Å². The van der Waals surface area contributed by atoms with E-state index in [1.54, 1.807) is 29.4 Å². The second-order valence-electron chi connectivity index (χ2n) is 7.10. The summed E-state index contributed by atoms with van der Waals surface area (Å²) in [5, 5.41) is 10.4. The molecule has 3 atom stereocenters. The predicted octanol–water partition coefficient (Wildman–Crippen LogP) is 2.42. The SMILES string of the molecule is O=C(c1ccnc(-n2ccnc2)c1)N1CCC[C@@H]1[C@@H]1CCCC[C@@H]1O. The number of nitrogens with zero attached hydrogens (tertiary/aromatic N) is 4. The van der Waals surface area contributed by atoms with Gasteiger partial charge < -0.3 is 10.0 Å². The van der Waals surface area contributed by atoms with Gasteiger partial charge in [-0.05, 0) is 37.8 Å². The Kier molecular flexibility index (Phi) is 4.53. The van der Waals surface area contributed by atoms with E-state index in [4.69, 9.17) is 0 Å². The van der Waals surface area contributed by atoms with E-state index in [1.807, 2.05) is 17.2 Å². The molecule has 2 aliphatic rings. The van der Waals surface area contributed by atoms with Gasteiger partial charge in [-0.3, -0.25) is 9.36 Å². The van der Waals surface area contributed by atoms with Crippen LogP contribution in [0.1, 0.15) is 48.9 Å². The molecule has 0 spiro atoms. The zero-order chi connectivity index (χ0) is 17.2. The van der Waals surface area contributed by atoms with Crippen LogP contribution in [0.4, 0.5) is 0 Å². The van der Waals surface area contributed by atoms with E-state index in [0.717, 1.165) is 45.1 Å². The van der Waals surface area contributed by atoms with Crippen molar-refractivity contribution in [2.24, 2.45) is 5.92 Å². The number of hydrogen-bond donors (Lipinski definition) is 1. The van der Waals surface area contributed by atoms with Gasteiger partial charge in [0.05, 0.1) is 6.10 Å². The Bertz CT molecular complexity index is 731. The minimum Gasteiger partial charge on any atom is -0.393 e. The lowest BCUT2D eigenvalue weighted by Crippen LogP contribution is -2.45. The number of imidazole rings is 1. The normalized spacial score (nSPS) is 26.8. The summed E-state index contributed by atoms with van der Waals surface area (Å²) in [5.41, 5.74) is 0.649. The van der Waals surface area contributed by atoms with Crippen LogP contribution < -0.4 is 0 Å². The lowest BCUT2D eigenvalue weighted by atomic mass is 9.80. The third-order valence-corrected chi connectivity index (χ3v) is 5.60. The zero-order valence-electron chi connectivity index (χ0n) is 14.3. The molecule has 0 unspecified atom stereocenters. The second-order valence-corrected chi connectivity index (χ2v) is 7.10. The van der Waals surface area contributed by atoms with E-state index in [1.165, 1.54) is 0 Å². The number of carbonyl (C=O) groups excluding carboxylic acids is 1. The molecule has 0 bridgehead atoms. The smallest absolute Gasteiger partial charge is 0.254 e. The van der Waals surface area contributed by atoms with Gasteiger partial charge in [-0.2, -0.15) is 0 Å². The first kappa shape index (κ1) is 16.3. The lowest BCUT2D eigenvalue weighted by Gasteiger charge is -2.37. The molecule has 1 aliphatic heterocycles. The zero-order valence-corrected chi connectivity index (χ0v) is 14.3. The highest BCUT2D eigenvalue weighted by Crippen LogP contribution is 2.35. The van der Waals surface area contributed by atoms with Crippen molar-refractivity contribution < 1.29 is 9.90 Å². The number of rotatable bonds is 3. The Morgan fingerprint density at radius 3 is 2.84 bits per heavy atom. The Morgan fingerprint density at radius 1 is 1.16 bits per heavy atom. The summed E-state index contributed by atoms with van der Waals surface area (Å²) in [5.74, 6) is 0.955. The van der Waals surface area contributed by atoms with Crippen molar-refractivity contribution >= 4 is 5.91 Å². The van der Waals surface area contributed by atoms with Crippen LogP contribution in [0.25, 0.3) is 5.82 Å². The monoisotopic (exact) mass is 340 g/mol. The number of amides is 1. The third-order valence-electron chi connectivity index (χ3n) is 5.60. The quantitative estimate of drug-likeness (QED) is 0.931. The van der Waals surface area contributed by atoms with Gasteiger partial charge in [0.25, 0.3) is 5.91 Å². The van der Waals surface area contributed by atoms with E-state index in [9.17, 15) is 9.90 Å². The van der Waals surface area contributed by atoms with Crippen molar-refractivity contribution in [1.29, 1.82) is 0 Å². The second kappa shape index (κ2) is 6.96. The van der Waals surface area contributed by atoms with Gasteiger partial charge in [-0.1, -0.05) is 12.8 Å². The maximum Gasteiger partial charge on any atom is 0.254 e. The van der Waals surface area contributed by atoms with E-state index in [-0.39, 0.29) is 24.0 Å². The molecular formula is C19H24N4O2. The third kappa shape index (κ3) is 3.18. The Labute approximate surface area is 147 Å². The molecule has 2 aromatic heterocycles. The number of hydrogen-bond acceptors (Lipinski definition) is 4. The predicted molar refractivity (Wildman–Crippen MR) is 93.4 cm³/mol. The van der Waals surface area contributed by atoms with Crippen LogP contribution in [-0.2, 0) is 0 Å². The minimum atomic E-state index is -0.272. The number of aliphatic hydroxyl groups is 1. The molecule has 4 rings (SSSR count). The molecule has 1 aliphatic carbocycles. The van der Waals surface area contributed by atoms with E-state index >= 15 is 0 Å². The average Bonchev–Trinajstić information content (AvgIpc) is 3.33. The molecule has 2 fully saturated rings. The number of aliphatic hydroxyl groups excluding tert-OH is 1. The lowest BCUT2D eigenvalue weighted by molar-refractivity contribution is 0.0211. The van der Waals surface area contributed by atoms with Crippen LogP contribution in [0.5, 0.6) is 0 Å². The van der Waals surface area contributed by atoms with Crippen molar-refractivity contribution in [2.45, 2.75) is 50.7 Å². The van der Waals surface area contributed by atoms with Crippen molar-refractivity contribution in [3.8, 4) is 5.82 Å². The molecule has 6 heteroatoms. The molecule has 25 heavy (non-hydrogen) atoms. The molecule has 6 nitrogen and oxygen atoms in total. The van der Waals surface area contributed by atoms with E-state index in [2.05, 4.69) is 9.97 Å². The standard InChI is InChI=1S/C19H24N4O2/c24-17-6-2-1-4-15(17)16-5-3-10-23(16)19(25)14-7-8-21-18(12-14)22-11-9-20-13-22/h7-9,11-13,15-17,24H,1-6,10H2/t15-,16+,17-/m0/s1. The molecule has 3 heterocycles. The summed E-state index contributed by atoms with van der Waals surface area (Å²) in [6.45, 7) is 0.773. The molecule has 1 saturated heterocycles. The van der Waals surface area contributed by atoms with Crippen LogP contribution in [0, 0.1) is 5.92 Å². The van der Waals surface area contributed by atoms with E-state index in [0.29, 0.717) is 11.4 Å². The summed E-state index contributed by atoms with van der Waals surface area (Å²) in [6.07, 6.45) is 12.7. The number of likely N-dealkylation sites (tertiary alicyclic amines) is 1. The van der Waals surface area contributed by atoms with Gasteiger partial charge in [0.2, 0.25) is 0 Å². The molecule has 1 amide bonds. The highest BCUT2D eigenvalue weighted by Gasteiger charge is 2.39.